The molecule has 0 heterocycles. The van der Waals surface area contributed by atoms with E-state index in [4.69, 9.17) is 16.9 Å². The summed E-state index contributed by atoms with van der Waals surface area (Å²) in [5.41, 5.74) is -0.956. The number of halogens is 4. The van der Waals surface area contributed by atoms with Gasteiger partial charge in [0.25, 0.3) is 5.91 Å². The third-order valence-corrected chi connectivity index (χ3v) is 5.91. The Bertz CT molecular complexity index is 1170. The minimum atomic E-state index is -4.58. The highest BCUT2D eigenvalue weighted by atomic mass is 35.5. The molecule has 0 unspecified atom stereocenters. The molecule has 7 nitrogen and oxygen atoms in total. The minimum absolute atomic E-state index is 0.0420. The molecule has 1 amide bonds. The van der Waals surface area contributed by atoms with Crippen LogP contribution in [0.1, 0.15) is 36.7 Å². The first-order valence-corrected chi connectivity index (χ1v) is 10.9. The van der Waals surface area contributed by atoms with Gasteiger partial charge >= 0.3 is 6.18 Å². The molecule has 0 aliphatic rings. The van der Waals surface area contributed by atoms with E-state index in [1.807, 2.05) is 0 Å². The highest BCUT2D eigenvalue weighted by molar-refractivity contribution is 7.89. The van der Waals surface area contributed by atoms with Gasteiger partial charge in [0, 0.05) is 16.8 Å². The molecule has 0 fully saturated rings. The number of carbonyl (C=O) groups excluding carboxylic acids is 1. The van der Waals surface area contributed by atoms with Crippen LogP contribution < -0.4 is 14.8 Å². The van der Waals surface area contributed by atoms with E-state index in [0.717, 1.165) is 18.2 Å². The molecule has 0 aliphatic heterocycles. The summed E-state index contributed by atoms with van der Waals surface area (Å²) >= 11 is 6.01. The fraction of sp³-hybridized carbons (Fsp3) is 0.300. The number of hydrogen-bond donors (Lipinski definition) is 2. The monoisotopic (exact) mass is 489 g/mol. The van der Waals surface area contributed by atoms with E-state index in [1.54, 1.807) is 26.8 Å². The number of ether oxygens (including phenoxy) is 1. The van der Waals surface area contributed by atoms with Gasteiger partial charge in [0.15, 0.2) is 6.61 Å². The molecular formula is C20H19ClF3N3O4S. The third-order valence-electron chi connectivity index (χ3n) is 3.67. The van der Waals surface area contributed by atoms with Crippen molar-refractivity contribution >= 4 is 33.2 Å². The maximum absolute atomic E-state index is 12.6. The van der Waals surface area contributed by atoms with Crippen molar-refractivity contribution < 1.29 is 31.1 Å². The molecule has 2 N–H and O–H groups in total. The largest absolute Gasteiger partial charge is 0.483 e. The normalized spacial score (nSPS) is 12.2. The summed E-state index contributed by atoms with van der Waals surface area (Å²) in [5.74, 6) is -1.02. The number of anilines is 1. The minimum Gasteiger partial charge on any atom is -0.483 e. The molecule has 2 rings (SSSR count). The maximum atomic E-state index is 12.6. The molecular weight excluding hydrogens is 471 g/mol. The van der Waals surface area contributed by atoms with E-state index in [0.29, 0.717) is 0 Å². The molecule has 0 aliphatic carbocycles. The lowest BCUT2D eigenvalue weighted by Gasteiger charge is -2.21. The average Bonchev–Trinajstić information content (AvgIpc) is 2.64. The zero-order valence-electron chi connectivity index (χ0n) is 17.2. The van der Waals surface area contributed by atoms with Crippen LogP contribution in [0.3, 0.4) is 0 Å². The van der Waals surface area contributed by atoms with Crippen molar-refractivity contribution in [2.45, 2.75) is 37.4 Å². The fourth-order valence-corrected chi connectivity index (χ4v) is 4.44. The summed E-state index contributed by atoms with van der Waals surface area (Å²) in [4.78, 5) is 12.3. The fourth-order valence-electron chi connectivity index (χ4n) is 2.49. The highest BCUT2D eigenvalue weighted by Gasteiger charge is 2.29. The molecule has 0 atom stereocenters. The van der Waals surface area contributed by atoms with Crippen LogP contribution in [0.4, 0.5) is 18.9 Å². The van der Waals surface area contributed by atoms with Crippen LogP contribution in [0, 0.1) is 11.3 Å². The van der Waals surface area contributed by atoms with Crippen LogP contribution in [0.2, 0.25) is 5.02 Å². The summed E-state index contributed by atoms with van der Waals surface area (Å²) in [7, 11) is -4.03. The summed E-state index contributed by atoms with van der Waals surface area (Å²) < 4.78 is 69.2. The molecule has 0 spiro atoms. The van der Waals surface area contributed by atoms with Crippen molar-refractivity contribution in [3.8, 4) is 11.8 Å². The Labute approximate surface area is 188 Å². The lowest BCUT2D eigenvalue weighted by atomic mass is 10.1. The van der Waals surface area contributed by atoms with Gasteiger partial charge in [-0.1, -0.05) is 11.6 Å². The van der Waals surface area contributed by atoms with E-state index in [1.165, 1.54) is 18.2 Å². The van der Waals surface area contributed by atoms with Gasteiger partial charge in [-0.3, -0.25) is 4.79 Å². The number of rotatable bonds is 6. The van der Waals surface area contributed by atoms with Gasteiger partial charge in [-0.15, -0.1) is 0 Å². The Hall–Kier alpha value is -2.81. The molecule has 0 aromatic heterocycles. The molecule has 0 saturated carbocycles. The number of hydrogen-bond acceptors (Lipinski definition) is 5. The molecule has 0 saturated heterocycles. The highest BCUT2D eigenvalue weighted by Crippen LogP contribution is 2.27. The molecule has 0 bridgehead atoms. The number of carbonyl (C=O) groups is 1. The molecule has 2 aromatic carbocycles. The van der Waals surface area contributed by atoms with Crippen LogP contribution in [0.25, 0.3) is 0 Å². The van der Waals surface area contributed by atoms with E-state index in [-0.39, 0.29) is 32.5 Å². The second-order valence-corrected chi connectivity index (χ2v) is 9.74. The third kappa shape index (κ3) is 7.12. The lowest BCUT2D eigenvalue weighted by molar-refractivity contribution is -0.153. The Morgan fingerprint density at radius 2 is 1.81 bits per heavy atom. The first-order valence-electron chi connectivity index (χ1n) is 9.00. The van der Waals surface area contributed by atoms with Gasteiger partial charge in [0.1, 0.15) is 16.7 Å². The van der Waals surface area contributed by atoms with Crippen LogP contribution in [-0.4, -0.2) is 32.6 Å². The van der Waals surface area contributed by atoms with Gasteiger partial charge < -0.3 is 10.1 Å². The standard InChI is InChI=1S/C20H19ClF3N3O4S/c1-19(2,3)27-32(29,30)17-9-12(4-6-15(17)21)18(28)26-14-5-7-16(13(8-14)10-25)31-11-20(22,23)24/h4-9,27H,11H2,1-3H3,(H,26,28). The number of alkyl halides is 3. The first kappa shape index (κ1) is 25.5. The number of nitrogens with one attached hydrogen (secondary N) is 2. The predicted octanol–water partition coefficient (Wildman–Crippen LogP) is 4.48. The van der Waals surface area contributed by atoms with Crippen LogP contribution >= 0.6 is 11.6 Å². The first-order chi connectivity index (χ1) is 14.6. The molecule has 12 heteroatoms. The summed E-state index contributed by atoms with van der Waals surface area (Å²) in [6.45, 7) is 3.36. The van der Waals surface area contributed by atoms with Crippen molar-refractivity contribution in [2.24, 2.45) is 0 Å². The van der Waals surface area contributed by atoms with Gasteiger partial charge in [-0.2, -0.15) is 18.4 Å². The number of amides is 1. The smallest absolute Gasteiger partial charge is 0.422 e. The van der Waals surface area contributed by atoms with E-state index < -0.39 is 34.3 Å². The summed E-state index contributed by atoms with van der Waals surface area (Å²) in [5, 5.41) is 11.5. The molecule has 2 aromatic rings. The number of benzene rings is 2. The van der Waals surface area contributed by atoms with E-state index >= 15 is 0 Å². The Morgan fingerprint density at radius 3 is 2.38 bits per heavy atom. The number of nitriles is 1. The molecule has 32 heavy (non-hydrogen) atoms. The van der Waals surface area contributed by atoms with Crippen molar-refractivity contribution in [3.63, 3.8) is 0 Å². The van der Waals surface area contributed by atoms with Crippen LogP contribution in [0.5, 0.6) is 5.75 Å². The zero-order valence-corrected chi connectivity index (χ0v) is 18.7. The number of sulfonamides is 1. The van der Waals surface area contributed by atoms with Crippen molar-refractivity contribution in [1.82, 2.24) is 4.72 Å². The second-order valence-electron chi connectivity index (χ2n) is 7.68. The van der Waals surface area contributed by atoms with Gasteiger partial charge in [-0.05, 0) is 57.2 Å². The quantitative estimate of drug-likeness (QED) is 0.622. The maximum Gasteiger partial charge on any atom is 0.422 e. The molecule has 0 radical (unpaired) electrons. The topological polar surface area (TPSA) is 108 Å². The van der Waals surface area contributed by atoms with Crippen LogP contribution in [0.15, 0.2) is 41.3 Å². The Morgan fingerprint density at radius 1 is 1.16 bits per heavy atom. The van der Waals surface area contributed by atoms with Crippen molar-refractivity contribution in [1.29, 1.82) is 5.26 Å². The van der Waals surface area contributed by atoms with Gasteiger partial charge in [0.2, 0.25) is 10.0 Å². The van der Waals surface area contributed by atoms with Gasteiger partial charge in [-0.25, -0.2) is 13.1 Å². The summed E-state index contributed by atoms with van der Waals surface area (Å²) in [6.07, 6.45) is -4.58. The molecule has 172 valence electrons. The predicted molar refractivity (Wildman–Crippen MR) is 112 cm³/mol. The van der Waals surface area contributed by atoms with Gasteiger partial charge in [0.05, 0.1) is 10.6 Å². The SMILES string of the molecule is CC(C)(C)NS(=O)(=O)c1cc(C(=O)Nc2ccc(OCC(F)(F)F)c(C#N)c2)ccc1Cl. The Kier molecular flexibility index (Phi) is 7.44. The van der Waals surface area contributed by atoms with Crippen molar-refractivity contribution in [3.05, 3.63) is 52.5 Å². The lowest BCUT2D eigenvalue weighted by Crippen LogP contribution is -2.40. The zero-order chi connectivity index (χ0) is 24.3. The van der Waals surface area contributed by atoms with E-state index in [2.05, 4.69) is 14.8 Å². The van der Waals surface area contributed by atoms with Crippen molar-refractivity contribution in [2.75, 3.05) is 11.9 Å². The Balaban J connectivity index is 2.27. The van der Waals surface area contributed by atoms with E-state index in [9.17, 15) is 26.4 Å². The number of nitrogens with zero attached hydrogens (tertiary/aromatic N) is 1. The second kappa shape index (κ2) is 9.36. The summed E-state index contributed by atoms with van der Waals surface area (Å²) in [6, 6.07) is 8.85. The van der Waals surface area contributed by atoms with Crippen LogP contribution in [-0.2, 0) is 10.0 Å². The average molecular weight is 490 g/mol.